The number of pyridine rings is 2. The van der Waals surface area contributed by atoms with Crippen LogP contribution in [0.2, 0.25) is 5.02 Å². The topological polar surface area (TPSA) is 63.8 Å². The fraction of sp³-hybridized carbons (Fsp3) is 0. The summed E-state index contributed by atoms with van der Waals surface area (Å²) in [6.45, 7) is 0. The van der Waals surface area contributed by atoms with E-state index in [1.807, 2.05) is 48.5 Å². The molecule has 4 aromatic rings. The molecule has 3 aromatic heterocycles. The molecule has 0 saturated carbocycles. The normalized spacial score (nSPS) is 10.6. The van der Waals surface area contributed by atoms with Gasteiger partial charge >= 0.3 is 0 Å². The Balaban J connectivity index is 1.59. The fourth-order valence-corrected chi connectivity index (χ4v) is 2.44. The molecule has 0 aliphatic rings. The molecule has 0 fully saturated rings. The van der Waals surface area contributed by atoms with Crippen molar-refractivity contribution in [1.82, 2.24) is 15.0 Å². The number of nitrogens with one attached hydrogen (secondary N) is 1. The van der Waals surface area contributed by atoms with Crippen molar-refractivity contribution in [2.45, 2.75) is 0 Å². The Morgan fingerprint density at radius 2 is 1.68 bits per heavy atom. The zero-order valence-electron chi connectivity index (χ0n) is 13.1. The Labute approximate surface area is 149 Å². The van der Waals surface area contributed by atoms with Gasteiger partial charge in [-0.15, -0.1) is 0 Å². The van der Waals surface area contributed by atoms with Crippen molar-refractivity contribution in [2.24, 2.45) is 0 Å². The number of aromatic nitrogens is 3. The fourth-order valence-electron chi connectivity index (χ4n) is 2.33. The van der Waals surface area contributed by atoms with Crippen molar-refractivity contribution in [2.75, 3.05) is 5.32 Å². The van der Waals surface area contributed by atoms with E-state index in [1.165, 1.54) is 0 Å². The Hall–Kier alpha value is -3.18. The van der Waals surface area contributed by atoms with Gasteiger partial charge in [-0.1, -0.05) is 35.9 Å². The highest BCUT2D eigenvalue weighted by molar-refractivity contribution is 6.30. The number of nitrogens with zero attached hydrogens (tertiary/aromatic N) is 3. The SMILES string of the molecule is Clc1ccc(Nc2cccc(-c3cnc(-c4ccccc4)o3)n2)nc1. The van der Waals surface area contributed by atoms with Crippen LogP contribution >= 0.6 is 11.6 Å². The van der Waals surface area contributed by atoms with Crippen molar-refractivity contribution in [3.05, 3.63) is 78.1 Å². The van der Waals surface area contributed by atoms with Crippen molar-refractivity contribution in [1.29, 1.82) is 0 Å². The van der Waals surface area contributed by atoms with Crippen LogP contribution in [0.1, 0.15) is 0 Å². The molecule has 0 bridgehead atoms. The third-order valence-corrected chi connectivity index (χ3v) is 3.74. The predicted octanol–water partition coefficient (Wildman–Crippen LogP) is 5.20. The maximum atomic E-state index is 5.85. The number of benzene rings is 1. The lowest BCUT2D eigenvalue weighted by atomic mass is 10.2. The lowest BCUT2D eigenvalue weighted by Gasteiger charge is -2.05. The Bertz CT molecular complexity index is 984. The van der Waals surface area contributed by atoms with Gasteiger partial charge in [0.15, 0.2) is 5.76 Å². The van der Waals surface area contributed by atoms with Crippen LogP contribution in [-0.2, 0) is 0 Å². The second-order valence-corrected chi connectivity index (χ2v) is 5.73. The van der Waals surface area contributed by atoms with Crippen LogP contribution in [0.15, 0.2) is 77.5 Å². The first-order valence-corrected chi connectivity index (χ1v) is 8.03. The highest BCUT2D eigenvalue weighted by Gasteiger charge is 2.10. The number of oxazole rings is 1. The maximum Gasteiger partial charge on any atom is 0.226 e. The summed E-state index contributed by atoms with van der Waals surface area (Å²) in [5, 5.41) is 3.72. The van der Waals surface area contributed by atoms with Crippen LogP contribution in [-0.4, -0.2) is 15.0 Å². The van der Waals surface area contributed by atoms with Crippen LogP contribution in [0.4, 0.5) is 11.6 Å². The Kier molecular flexibility index (Phi) is 4.14. The van der Waals surface area contributed by atoms with Crippen LogP contribution in [0, 0.1) is 0 Å². The van der Waals surface area contributed by atoms with Gasteiger partial charge in [0.05, 0.1) is 11.2 Å². The standard InChI is InChI=1S/C19H13ClN4O/c20-14-9-10-17(21-11-14)24-18-8-4-7-15(23-18)16-12-22-19(25-16)13-5-2-1-3-6-13/h1-12H,(H,21,23,24). The van der Waals surface area contributed by atoms with Crippen LogP contribution in [0.3, 0.4) is 0 Å². The minimum Gasteiger partial charge on any atom is -0.434 e. The summed E-state index contributed by atoms with van der Waals surface area (Å²) in [7, 11) is 0. The van der Waals surface area contributed by atoms with E-state index in [2.05, 4.69) is 20.3 Å². The van der Waals surface area contributed by atoms with Crippen molar-refractivity contribution < 1.29 is 4.42 Å². The Morgan fingerprint density at radius 3 is 2.48 bits per heavy atom. The third kappa shape index (κ3) is 3.51. The number of hydrogen-bond donors (Lipinski definition) is 1. The summed E-state index contributed by atoms with van der Waals surface area (Å²) in [4.78, 5) is 13.1. The molecule has 4 rings (SSSR count). The van der Waals surface area contributed by atoms with Crippen molar-refractivity contribution in [3.8, 4) is 22.9 Å². The second kappa shape index (κ2) is 6.75. The molecule has 0 aliphatic carbocycles. The van der Waals surface area contributed by atoms with Gasteiger partial charge in [-0.25, -0.2) is 15.0 Å². The second-order valence-electron chi connectivity index (χ2n) is 5.29. The van der Waals surface area contributed by atoms with E-state index < -0.39 is 0 Å². The predicted molar refractivity (Wildman–Crippen MR) is 97.7 cm³/mol. The first-order chi connectivity index (χ1) is 12.3. The molecule has 1 N–H and O–H groups in total. The molecule has 0 amide bonds. The molecule has 0 aliphatic heterocycles. The first-order valence-electron chi connectivity index (χ1n) is 7.65. The van der Waals surface area contributed by atoms with E-state index in [1.54, 1.807) is 24.5 Å². The highest BCUT2D eigenvalue weighted by Crippen LogP contribution is 2.26. The van der Waals surface area contributed by atoms with Gasteiger partial charge in [0.1, 0.15) is 17.3 Å². The van der Waals surface area contributed by atoms with Crippen molar-refractivity contribution in [3.63, 3.8) is 0 Å². The quantitative estimate of drug-likeness (QED) is 0.549. The maximum absolute atomic E-state index is 5.85. The summed E-state index contributed by atoms with van der Waals surface area (Å²) in [5.74, 6) is 2.49. The lowest BCUT2D eigenvalue weighted by molar-refractivity contribution is 0.586. The van der Waals surface area contributed by atoms with E-state index in [0.717, 1.165) is 5.56 Å². The van der Waals surface area contributed by atoms with Gasteiger partial charge in [0, 0.05) is 11.8 Å². The summed E-state index contributed by atoms with van der Waals surface area (Å²) in [6, 6.07) is 18.9. The monoisotopic (exact) mass is 348 g/mol. The minimum atomic E-state index is 0.565. The molecule has 3 heterocycles. The van der Waals surface area contributed by atoms with Gasteiger partial charge in [-0.2, -0.15) is 0 Å². The van der Waals surface area contributed by atoms with Crippen LogP contribution < -0.4 is 5.32 Å². The molecule has 1 aromatic carbocycles. The molecular weight excluding hydrogens is 336 g/mol. The molecule has 5 nitrogen and oxygen atoms in total. The number of hydrogen-bond acceptors (Lipinski definition) is 5. The van der Waals surface area contributed by atoms with E-state index in [-0.39, 0.29) is 0 Å². The van der Waals surface area contributed by atoms with Crippen LogP contribution in [0.5, 0.6) is 0 Å². The summed E-state index contributed by atoms with van der Waals surface area (Å²) in [5.41, 5.74) is 1.61. The van der Waals surface area contributed by atoms with Gasteiger partial charge in [0.2, 0.25) is 5.89 Å². The Morgan fingerprint density at radius 1 is 0.800 bits per heavy atom. The van der Waals surface area contributed by atoms with E-state index in [4.69, 9.17) is 16.0 Å². The average Bonchev–Trinajstić information content (AvgIpc) is 3.15. The molecule has 0 spiro atoms. The summed E-state index contributed by atoms with van der Waals surface area (Å²) < 4.78 is 5.84. The molecule has 6 heteroatoms. The van der Waals surface area contributed by atoms with E-state index in [0.29, 0.717) is 34.0 Å². The molecule has 0 unspecified atom stereocenters. The number of anilines is 2. The lowest BCUT2D eigenvalue weighted by Crippen LogP contribution is -1.96. The number of halogens is 1. The zero-order valence-corrected chi connectivity index (χ0v) is 13.8. The molecule has 122 valence electrons. The van der Waals surface area contributed by atoms with E-state index in [9.17, 15) is 0 Å². The summed E-state index contributed by atoms with van der Waals surface area (Å²) in [6.07, 6.45) is 3.26. The molecular formula is C19H13ClN4O. The number of rotatable bonds is 4. The molecule has 0 saturated heterocycles. The third-order valence-electron chi connectivity index (χ3n) is 3.51. The van der Waals surface area contributed by atoms with Gasteiger partial charge in [-0.05, 0) is 36.4 Å². The highest BCUT2D eigenvalue weighted by atomic mass is 35.5. The largest absolute Gasteiger partial charge is 0.434 e. The van der Waals surface area contributed by atoms with E-state index >= 15 is 0 Å². The average molecular weight is 349 g/mol. The molecule has 0 radical (unpaired) electrons. The molecule has 0 atom stereocenters. The van der Waals surface area contributed by atoms with Crippen LogP contribution in [0.25, 0.3) is 22.9 Å². The van der Waals surface area contributed by atoms with Crippen molar-refractivity contribution >= 4 is 23.2 Å². The molecule has 25 heavy (non-hydrogen) atoms. The summed E-state index contributed by atoms with van der Waals surface area (Å²) >= 11 is 5.85. The first kappa shape index (κ1) is 15.4. The van der Waals surface area contributed by atoms with Gasteiger partial charge in [-0.3, -0.25) is 0 Å². The minimum absolute atomic E-state index is 0.565. The smallest absolute Gasteiger partial charge is 0.226 e. The zero-order chi connectivity index (χ0) is 17.1. The van der Waals surface area contributed by atoms with Gasteiger partial charge < -0.3 is 9.73 Å². The van der Waals surface area contributed by atoms with Gasteiger partial charge in [0.25, 0.3) is 0 Å².